The third kappa shape index (κ3) is 2.58. The van der Waals surface area contributed by atoms with E-state index in [1.54, 1.807) is 18.5 Å². The Morgan fingerprint density at radius 1 is 1.33 bits per heavy atom. The van der Waals surface area contributed by atoms with Gasteiger partial charge in [-0.1, -0.05) is 0 Å². The molecule has 0 bridgehead atoms. The summed E-state index contributed by atoms with van der Waals surface area (Å²) in [6, 6.07) is 1.58. The topological polar surface area (TPSA) is 84.6 Å². The molecule has 2 unspecified atom stereocenters. The maximum Gasteiger partial charge on any atom is 0.232 e. The molecule has 1 aromatic heterocycles. The van der Waals surface area contributed by atoms with Gasteiger partial charge in [-0.2, -0.15) is 0 Å². The first-order valence-corrected chi connectivity index (χ1v) is 7.26. The van der Waals surface area contributed by atoms with Crippen LogP contribution in [0.5, 0.6) is 0 Å². The Morgan fingerprint density at radius 2 is 2.00 bits per heavy atom. The monoisotopic (exact) mass is 291 g/mol. The van der Waals surface area contributed by atoms with E-state index in [1.807, 2.05) is 11.8 Å². The van der Waals surface area contributed by atoms with Crippen molar-refractivity contribution in [2.45, 2.75) is 13.0 Å². The first kappa shape index (κ1) is 14.2. The van der Waals surface area contributed by atoms with Crippen molar-refractivity contribution in [2.24, 2.45) is 11.1 Å². The van der Waals surface area contributed by atoms with Gasteiger partial charge in [0.25, 0.3) is 0 Å². The van der Waals surface area contributed by atoms with Crippen LogP contribution in [0.4, 0.5) is 5.95 Å². The van der Waals surface area contributed by atoms with E-state index in [0.29, 0.717) is 26.3 Å². The molecular weight excluding hydrogens is 270 g/mol. The Labute approximate surface area is 124 Å². The van der Waals surface area contributed by atoms with E-state index in [0.717, 1.165) is 19.0 Å². The number of anilines is 1. The maximum atomic E-state index is 12.7. The van der Waals surface area contributed by atoms with E-state index in [-0.39, 0.29) is 11.9 Å². The molecule has 0 saturated carbocycles. The fourth-order valence-corrected chi connectivity index (χ4v) is 2.83. The molecular formula is C14H21N5O2. The van der Waals surface area contributed by atoms with Crippen molar-refractivity contribution in [1.82, 2.24) is 14.9 Å². The van der Waals surface area contributed by atoms with Gasteiger partial charge in [-0.25, -0.2) is 9.97 Å². The first-order chi connectivity index (χ1) is 10.1. The van der Waals surface area contributed by atoms with Crippen molar-refractivity contribution in [2.75, 3.05) is 44.3 Å². The molecule has 0 radical (unpaired) electrons. The third-order valence-corrected chi connectivity index (χ3v) is 4.41. The molecule has 114 valence electrons. The fraction of sp³-hybridized carbons (Fsp3) is 0.643. The Kier molecular flexibility index (Phi) is 3.77. The van der Waals surface area contributed by atoms with Gasteiger partial charge < -0.3 is 20.3 Å². The number of piperazine rings is 1. The highest BCUT2D eigenvalue weighted by Crippen LogP contribution is 2.30. The highest BCUT2D eigenvalue weighted by atomic mass is 16.5. The van der Waals surface area contributed by atoms with Crippen LogP contribution in [0, 0.1) is 5.41 Å². The lowest BCUT2D eigenvalue weighted by atomic mass is 9.84. The van der Waals surface area contributed by atoms with Crippen LogP contribution in [0.2, 0.25) is 0 Å². The molecule has 2 N–H and O–H groups in total. The van der Waals surface area contributed by atoms with Crippen molar-refractivity contribution in [3.63, 3.8) is 0 Å². The molecule has 2 aliphatic heterocycles. The summed E-state index contributed by atoms with van der Waals surface area (Å²) < 4.78 is 5.37. The molecule has 2 saturated heterocycles. The van der Waals surface area contributed by atoms with Crippen molar-refractivity contribution < 1.29 is 9.53 Å². The Bertz CT molecular complexity index is 503. The van der Waals surface area contributed by atoms with Gasteiger partial charge in [0.1, 0.15) is 0 Å². The minimum absolute atomic E-state index is 0.0983. The number of ether oxygens (including phenoxy) is 1. The number of hydrogen-bond acceptors (Lipinski definition) is 6. The summed E-state index contributed by atoms with van der Waals surface area (Å²) in [4.78, 5) is 25.2. The lowest BCUT2D eigenvalue weighted by molar-refractivity contribution is -0.142. The van der Waals surface area contributed by atoms with Gasteiger partial charge in [-0.15, -0.1) is 0 Å². The summed E-state index contributed by atoms with van der Waals surface area (Å²) in [6.45, 7) is 5.58. The second-order valence-electron chi connectivity index (χ2n) is 5.87. The molecule has 0 aliphatic carbocycles. The zero-order valence-electron chi connectivity index (χ0n) is 12.2. The smallest absolute Gasteiger partial charge is 0.232 e. The summed E-state index contributed by atoms with van der Waals surface area (Å²) in [7, 11) is 0. The highest BCUT2D eigenvalue weighted by Gasteiger charge is 2.46. The molecule has 3 rings (SSSR count). The van der Waals surface area contributed by atoms with Crippen LogP contribution in [0.3, 0.4) is 0 Å². The van der Waals surface area contributed by atoms with Gasteiger partial charge in [0.2, 0.25) is 11.9 Å². The fourth-order valence-electron chi connectivity index (χ4n) is 2.83. The second kappa shape index (κ2) is 5.57. The first-order valence-electron chi connectivity index (χ1n) is 7.26. The number of hydrogen-bond donors (Lipinski definition) is 1. The quantitative estimate of drug-likeness (QED) is 0.790. The molecule has 21 heavy (non-hydrogen) atoms. The van der Waals surface area contributed by atoms with Crippen LogP contribution >= 0.6 is 0 Å². The van der Waals surface area contributed by atoms with Crippen LogP contribution in [-0.2, 0) is 9.53 Å². The van der Waals surface area contributed by atoms with E-state index >= 15 is 0 Å². The third-order valence-electron chi connectivity index (χ3n) is 4.41. The number of aromatic nitrogens is 2. The minimum atomic E-state index is -0.592. The average Bonchev–Trinajstić information content (AvgIpc) is 2.88. The molecule has 7 heteroatoms. The van der Waals surface area contributed by atoms with E-state index in [9.17, 15) is 4.79 Å². The summed E-state index contributed by atoms with van der Waals surface area (Å²) in [5.74, 6) is 0.817. The normalized spacial score (nSPS) is 29.7. The van der Waals surface area contributed by atoms with Crippen molar-refractivity contribution in [3.05, 3.63) is 18.5 Å². The van der Waals surface area contributed by atoms with Gasteiger partial charge in [-0.3, -0.25) is 4.79 Å². The molecule has 0 aromatic carbocycles. The zero-order valence-corrected chi connectivity index (χ0v) is 12.2. The van der Waals surface area contributed by atoms with E-state index < -0.39 is 5.41 Å². The summed E-state index contributed by atoms with van der Waals surface area (Å²) >= 11 is 0. The summed E-state index contributed by atoms with van der Waals surface area (Å²) in [5, 5.41) is 0. The Hall–Kier alpha value is -1.73. The molecule has 1 amide bonds. The molecule has 2 aliphatic rings. The zero-order chi connectivity index (χ0) is 14.9. The number of carbonyl (C=O) groups excluding carboxylic acids is 1. The highest BCUT2D eigenvalue weighted by molar-refractivity contribution is 5.84. The number of rotatable bonds is 2. The van der Waals surface area contributed by atoms with Gasteiger partial charge in [0.05, 0.1) is 18.6 Å². The van der Waals surface area contributed by atoms with Gasteiger partial charge in [0.15, 0.2) is 0 Å². The van der Waals surface area contributed by atoms with Gasteiger partial charge in [-0.05, 0) is 13.0 Å². The van der Waals surface area contributed by atoms with Crippen LogP contribution < -0.4 is 10.6 Å². The van der Waals surface area contributed by atoms with Crippen LogP contribution in [-0.4, -0.2) is 66.2 Å². The minimum Gasteiger partial charge on any atom is -0.379 e. The molecule has 0 spiro atoms. The van der Waals surface area contributed by atoms with E-state index in [4.69, 9.17) is 10.5 Å². The maximum absolute atomic E-state index is 12.7. The van der Waals surface area contributed by atoms with Crippen molar-refractivity contribution in [1.29, 1.82) is 0 Å². The Balaban J connectivity index is 1.62. The van der Waals surface area contributed by atoms with Crippen LogP contribution in [0.1, 0.15) is 6.92 Å². The molecule has 2 atom stereocenters. The number of amides is 1. The van der Waals surface area contributed by atoms with Crippen LogP contribution in [0.25, 0.3) is 0 Å². The molecule has 1 aromatic rings. The number of carbonyl (C=O) groups is 1. The summed E-state index contributed by atoms with van der Waals surface area (Å²) in [6.07, 6.45) is 3.46. The predicted molar refractivity (Wildman–Crippen MR) is 77.7 cm³/mol. The second-order valence-corrected chi connectivity index (χ2v) is 5.87. The predicted octanol–water partition coefficient (Wildman–Crippen LogP) is -0.511. The number of nitrogens with zero attached hydrogens (tertiary/aromatic N) is 4. The van der Waals surface area contributed by atoms with Gasteiger partial charge >= 0.3 is 0 Å². The van der Waals surface area contributed by atoms with Crippen LogP contribution in [0.15, 0.2) is 18.5 Å². The average molecular weight is 291 g/mol. The molecule has 3 heterocycles. The molecule has 7 nitrogen and oxygen atoms in total. The van der Waals surface area contributed by atoms with Crippen molar-refractivity contribution >= 4 is 11.9 Å². The standard InChI is InChI=1S/C14H21N5O2/c1-14(10-21-9-11(14)15)12(20)18-5-7-19(8-6-18)13-16-3-2-4-17-13/h2-4,11H,5-10,15H2,1H3. The van der Waals surface area contributed by atoms with Gasteiger partial charge in [0, 0.05) is 44.6 Å². The molecule has 2 fully saturated rings. The Morgan fingerprint density at radius 3 is 2.57 bits per heavy atom. The number of nitrogens with two attached hydrogens (primary N) is 1. The van der Waals surface area contributed by atoms with Crippen molar-refractivity contribution in [3.8, 4) is 0 Å². The summed E-state index contributed by atoms with van der Waals surface area (Å²) in [5.41, 5.74) is 5.44. The lowest BCUT2D eigenvalue weighted by Gasteiger charge is -2.39. The van der Waals surface area contributed by atoms with E-state index in [1.165, 1.54) is 0 Å². The lowest BCUT2D eigenvalue weighted by Crippen LogP contribution is -2.57. The SMILES string of the molecule is CC1(C(=O)N2CCN(c3ncccn3)CC2)COCC1N. The largest absolute Gasteiger partial charge is 0.379 e. The van der Waals surface area contributed by atoms with E-state index in [2.05, 4.69) is 14.9 Å².